The number of rotatable bonds is 4. The summed E-state index contributed by atoms with van der Waals surface area (Å²) in [5, 5.41) is 16.8. The van der Waals surface area contributed by atoms with Gasteiger partial charge in [-0.3, -0.25) is 9.48 Å². The Morgan fingerprint density at radius 1 is 1.43 bits per heavy atom. The van der Waals surface area contributed by atoms with E-state index in [0.29, 0.717) is 18.4 Å². The van der Waals surface area contributed by atoms with E-state index < -0.39 is 29.5 Å². The summed E-state index contributed by atoms with van der Waals surface area (Å²) in [4.78, 5) is 12.2. The average molecular weight is 333 g/mol. The maximum atomic E-state index is 13.1. The van der Waals surface area contributed by atoms with Crippen molar-refractivity contribution in [2.45, 2.75) is 44.4 Å². The maximum absolute atomic E-state index is 13.1. The van der Waals surface area contributed by atoms with Gasteiger partial charge in [-0.15, -0.1) is 0 Å². The van der Waals surface area contributed by atoms with E-state index in [4.69, 9.17) is 0 Å². The fourth-order valence-corrected chi connectivity index (χ4v) is 3.03. The van der Waals surface area contributed by atoms with Crippen LogP contribution in [0.3, 0.4) is 0 Å². The SMILES string of the molecule is Cn1cc(C(C)(O)CNC(=O)[C@@H]2CCCC[C@H]2C(F)(F)F)cn1. The highest BCUT2D eigenvalue weighted by Crippen LogP contribution is 2.41. The number of alkyl halides is 3. The molecule has 0 aromatic carbocycles. The first kappa shape index (κ1) is 17.8. The number of nitrogens with one attached hydrogen (secondary N) is 1. The molecule has 2 N–H and O–H groups in total. The first-order valence-electron chi connectivity index (χ1n) is 7.67. The van der Waals surface area contributed by atoms with Crippen molar-refractivity contribution in [2.24, 2.45) is 18.9 Å². The third kappa shape index (κ3) is 4.25. The van der Waals surface area contributed by atoms with E-state index in [-0.39, 0.29) is 19.4 Å². The minimum Gasteiger partial charge on any atom is -0.383 e. The summed E-state index contributed by atoms with van der Waals surface area (Å²) < 4.78 is 40.7. The lowest BCUT2D eigenvalue weighted by Gasteiger charge is -2.33. The van der Waals surface area contributed by atoms with Crippen LogP contribution >= 0.6 is 0 Å². The Morgan fingerprint density at radius 2 is 2.09 bits per heavy atom. The molecule has 1 amide bonds. The fraction of sp³-hybridized carbons (Fsp3) is 0.733. The predicted molar refractivity (Wildman–Crippen MR) is 77.3 cm³/mol. The molecule has 2 rings (SSSR count). The molecule has 23 heavy (non-hydrogen) atoms. The topological polar surface area (TPSA) is 67.2 Å². The molecule has 1 aliphatic carbocycles. The van der Waals surface area contributed by atoms with Gasteiger partial charge < -0.3 is 10.4 Å². The summed E-state index contributed by atoms with van der Waals surface area (Å²) in [5.74, 6) is -3.32. The van der Waals surface area contributed by atoms with E-state index in [1.165, 1.54) is 17.8 Å². The molecule has 0 saturated heterocycles. The van der Waals surface area contributed by atoms with Gasteiger partial charge in [-0.25, -0.2) is 0 Å². The van der Waals surface area contributed by atoms with Crippen LogP contribution in [0.4, 0.5) is 13.2 Å². The first-order valence-corrected chi connectivity index (χ1v) is 7.67. The van der Waals surface area contributed by atoms with Crippen LogP contribution in [-0.2, 0) is 17.4 Å². The minimum absolute atomic E-state index is 0.0133. The van der Waals surface area contributed by atoms with Gasteiger partial charge in [0, 0.05) is 24.7 Å². The lowest BCUT2D eigenvalue weighted by molar-refractivity contribution is -0.198. The summed E-state index contributed by atoms with van der Waals surface area (Å²) in [6.07, 6.45) is 0.0154. The molecule has 1 aromatic rings. The van der Waals surface area contributed by atoms with E-state index >= 15 is 0 Å². The fourth-order valence-electron chi connectivity index (χ4n) is 3.03. The molecule has 0 radical (unpaired) electrons. The van der Waals surface area contributed by atoms with Gasteiger partial charge in [0.2, 0.25) is 5.91 Å². The Kier molecular flexibility index (Phi) is 5.03. The van der Waals surface area contributed by atoms with Crippen LogP contribution in [-0.4, -0.2) is 33.5 Å². The van der Waals surface area contributed by atoms with Crippen LogP contribution in [0.2, 0.25) is 0 Å². The summed E-state index contributed by atoms with van der Waals surface area (Å²) in [5.41, 5.74) is -0.886. The highest BCUT2D eigenvalue weighted by atomic mass is 19.4. The van der Waals surface area contributed by atoms with Crippen molar-refractivity contribution >= 4 is 5.91 Å². The second kappa shape index (κ2) is 6.51. The van der Waals surface area contributed by atoms with E-state index in [1.54, 1.807) is 13.2 Å². The number of aryl methyl sites for hydroxylation is 1. The number of halogens is 3. The normalized spacial score (nSPS) is 25.0. The van der Waals surface area contributed by atoms with Gasteiger partial charge >= 0.3 is 6.18 Å². The largest absolute Gasteiger partial charge is 0.392 e. The Morgan fingerprint density at radius 3 is 2.65 bits per heavy atom. The van der Waals surface area contributed by atoms with Crippen LogP contribution in [0.5, 0.6) is 0 Å². The predicted octanol–water partition coefficient (Wildman–Crippen LogP) is 2.11. The van der Waals surface area contributed by atoms with Gasteiger partial charge in [0.15, 0.2) is 0 Å². The number of nitrogens with zero attached hydrogens (tertiary/aromatic N) is 2. The molecule has 0 bridgehead atoms. The summed E-state index contributed by atoms with van der Waals surface area (Å²) in [6, 6.07) is 0. The van der Waals surface area contributed by atoms with Crippen LogP contribution in [0.15, 0.2) is 12.4 Å². The van der Waals surface area contributed by atoms with Crippen molar-refractivity contribution in [2.75, 3.05) is 6.54 Å². The molecule has 1 aliphatic rings. The number of carbonyl (C=O) groups is 1. The molecule has 1 saturated carbocycles. The van der Waals surface area contributed by atoms with Crippen molar-refractivity contribution in [3.05, 3.63) is 18.0 Å². The summed E-state index contributed by atoms with van der Waals surface area (Å²) >= 11 is 0. The standard InChI is InChI=1S/C15H22F3N3O2/c1-14(23,10-7-20-21(2)8-10)9-19-13(22)11-5-3-4-6-12(11)15(16,17)18/h7-8,11-12,23H,3-6,9H2,1-2H3,(H,19,22)/t11-,12-,14?/m1/s1. The second-order valence-corrected chi connectivity index (χ2v) is 6.43. The maximum Gasteiger partial charge on any atom is 0.392 e. The van der Waals surface area contributed by atoms with Crippen LogP contribution in [0.25, 0.3) is 0 Å². The first-order chi connectivity index (χ1) is 10.6. The Balaban J connectivity index is 2.00. The van der Waals surface area contributed by atoms with E-state index in [0.717, 1.165) is 0 Å². The third-order valence-corrected chi connectivity index (χ3v) is 4.46. The van der Waals surface area contributed by atoms with Crippen molar-refractivity contribution in [3.8, 4) is 0 Å². The molecular weight excluding hydrogens is 311 g/mol. The smallest absolute Gasteiger partial charge is 0.383 e. The van der Waals surface area contributed by atoms with Crippen molar-refractivity contribution in [3.63, 3.8) is 0 Å². The van der Waals surface area contributed by atoms with E-state index in [2.05, 4.69) is 10.4 Å². The van der Waals surface area contributed by atoms with Crippen molar-refractivity contribution in [1.82, 2.24) is 15.1 Å². The molecular formula is C15H22F3N3O2. The zero-order valence-electron chi connectivity index (χ0n) is 13.2. The highest BCUT2D eigenvalue weighted by Gasteiger charge is 2.48. The minimum atomic E-state index is -4.37. The van der Waals surface area contributed by atoms with Gasteiger partial charge in [-0.1, -0.05) is 12.8 Å². The monoisotopic (exact) mass is 333 g/mol. The lowest BCUT2D eigenvalue weighted by atomic mass is 9.78. The van der Waals surface area contributed by atoms with Crippen molar-refractivity contribution in [1.29, 1.82) is 0 Å². The summed E-state index contributed by atoms with van der Waals surface area (Å²) in [7, 11) is 1.69. The van der Waals surface area contributed by atoms with Crippen LogP contribution < -0.4 is 5.32 Å². The molecule has 1 aromatic heterocycles. The van der Waals surface area contributed by atoms with Crippen LogP contribution in [0, 0.1) is 11.8 Å². The number of hydrogen-bond donors (Lipinski definition) is 2. The number of aliphatic hydroxyl groups is 1. The molecule has 3 atom stereocenters. The van der Waals surface area contributed by atoms with Gasteiger partial charge in [-0.05, 0) is 19.8 Å². The second-order valence-electron chi connectivity index (χ2n) is 6.43. The van der Waals surface area contributed by atoms with Gasteiger partial charge in [0.1, 0.15) is 5.60 Å². The zero-order chi connectivity index (χ0) is 17.3. The Hall–Kier alpha value is -1.57. The summed E-state index contributed by atoms with van der Waals surface area (Å²) in [6.45, 7) is 1.34. The number of carbonyl (C=O) groups excluding carboxylic acids is 1. The molecule has 1 unspecified atom stereocenters. The molecule has 0 spiro atoms. The Labute approximate surface area is 132 Å². The van der Waals surface area contributed by atoms with Gasteiger partial charge in [-0.2, -0.15) is 18.3 Å². The molecule has 5 nitrogen and oxygen atoms in total. The zero-order valence-corrected chi connectivity index (χ0v) is 13.2. The van der Waals surface area contributed by atoms with E-state index in [9.17, 15) is 23.1 Å². The number of aromatic nitrogens is 2. The van der Waals surface area contributed by atoms with Gasteiger partial charge in [0.25, 0.3) is 0 Å². The van der Waals surface area contributed by atoms with Crippen molar-refractivity contribution < 1.29 is 23.1 Å². The molecule has 1 fully saturated rings. The quantitative estimate of drug-likeness (QED) is 0.887. The van der Waals surface area contributed by atoms with E-state index in [1.807, 2.05) is 0 Å². The molecule has 0 aliphatic heterocycles. The van der Waals surface area contributed by atoms with Gasteiger partial charge in [0.05, 0.1) is 18.7 Å². The Bertz CT molecular complexity index is 554. The number of hydrogen-bond acceptors (Lipinski definition) is 3. The molecule has 8 heteroatoms. The lowest BCUT2D eigenvalue weighted by Crippen LogP contribution is -2.46. The molecule has 1 heterocycles. The highest BCUT2D eigenvalue weighted by molar-refractivity contribution is 5.79. The number of amides is 1. The molecule has 130 valence electrons. The third-order valence-electron chi connectivity index (χ3n) is 4.46. The average Bonchev–Trinajstić information content (AvgIpc) is 2.91. The van der Waals surface area contributed by atoms with Crippen LogP contribution in [0.1, 0.15) is 38.2 Å².